The van der Waals surface area contributed by atoms with Crippen molar-refractivity contribution in [2.24, 2.45) is 0 Å². The highest BCUT2D eigenvalue weighted by Gasteiger charge is 2.29. The smallest absolute Gasteiger partial charge is 0.0710 e. The topological polar surface area (TPSA) is 38.0 Å². The monoisotopic (exact) mass is 272 g/mol. The van der Waals surface area contributed by atoms with E-state index in [0.29, 0.717) is 10.5 Å². The zero-order valence-corrected chi connectivity index (χ0v) is 12.0. The zero-order chi connectivity index (χ0) is 12.3. The molecule has 1 aliphatic heterocycles. The highest BCUT2D eigenvalue weighted by Crippen LogP contribution is 2.33. The predicted molar refractivity (Wildman–Crippen MR) is 75.8 cm³/mol. The lowest BCUT2D eigenvalue weighted by Crippen LogP contribution is -2.35. The molecule has 1 fully saturated rings. The quantitative estimate of drug-likeness (QED) is 0.910. The fourth-order valence-corrected chi connectivity index (χ4v) is 4.96. The molecule has 0 radical (unpaired) electrons. The van der Waals surface area contributed by atoms with E-state index in [0.717, 1.165) is 24.3 Å². The molecular weight excluding hydrogens is 252 g/mol. The summed E-state index contributed by atoms with van der Waals surface area (Å²) in [5.41, 5.74) is 1.14. The Morgan fingerprint density at radius 2 is 2.29 bits per heavy atom. The number of rotatable bonds is 4. The Labute approximate surface area is 111 Å². The van der Waals surface area contributed by atoms with Crippen molar-refractivity contribution in [2.45, 2.75) is 43.4 Å². The third kappa shape index (κ3) is 3.42. The number of aryl methyl sites for hydroxylation is 1. The van der Waals surface area contributed by atoms with Crippen molar-refractivity contribution in [1.82, 2.24) is 9.78 Å². The molecule has 1 N–H and O–H groups in total. The van der Waals surface area contributed by atoms with Crippen molar-refractivity contribution in [2.75, 3.05) is 11.5 Å². The Balaban J connectivity index is 1.93. The molecule has 1 aromatic heterocycles. The molecular formula is C12H20N2OS2. The second-order valence-electron chi connectivity index (χ2n) is 4.39. The van der Waals surface area contributed by atoms with Crippen LogP contribution in [0, 0.1) is 0 Å². The molecule has 0 saturated carbocycles. The molecule has 1 saturated heterocycles. The van der Waals surface area contributed by atoms with Gasteiger partial charge in [-0.1, -0.05) is 6.92 Å². The van der Waals surface area contributed by atoms with Crippen molar-refractivity contribution in [3.8, 4) is 0 Å². The molecule has 2 rings (SSSR count). The van der Waals surface area contributed by atoms with E-state index in [1.165, 1.54) is 5.75 Å². The van der Waals surface area contributed by atoms with Gasteiger partial charge in [-0.25, -0.2) is 0 Å². The predicted octanol–water partition coefficient (Wildman–Crippen LogP) is 2.04. The van der Waals surface area contributed by atoms with Gasteiger partial charge in [0.05, 0.1) is 12.3 Å². The Morgan fingerprint density at radius 3 is 2.94 bits per heavy atom. The van der Waals surface area contributed by atoms with Gasteiger partial charge in [0.1, 0.15) is 0 Å². The Kier molecular flexibility index (Phi) is 4.82. The minimum atomic E-state index is -0.252. The molecule has 1 aromatic rings. The summed E-state index contributed by atoms with van der Waals surface area (Å²) in [7, 11) is 0. The van der Waals surface area contributed by atoms with Crippen LogP contribution in [0.15, 0.2) is 12.4 Å². The van der Waals surface area contributed by atoms with Crippen LogP contribution in [0.1, 0.15) is 19.4 Å². The van der Waals surface area contributed by atoms with E-state index in [-0.39, 0.29) is 6.10 Å². The summed E-state index contributed by atoms with van der Waals surface area (Å²) in [4.78, 5) is 0. The van der Waals surface area contributed by atoms with Gasteiger partial charge in [0.2, 0.25) is 0 Å². The van der Waals surface area contributed by atoms with Crippen LogP contribution in [0.3, 0.4) is 0 Å². The second kappa shape index (κ2) is 6.16. The highest BCUT2D eigenvalue weighted by molar-refractivity contribution is 8.07. The second-order valence-corrected chi connectivity index (χ2v) is 7.16. The first-order valence-electron chi connectivity index (χ1n) is 6.13. The number of aliphatic hydroxyl groups excluding tert-OH is 1. The Bertz CT molecular complexity index is 356. The molecule has 2 heterocycles. The molecule has 3 unspecified atom stereocenters. The van der Waals surface area contributed by atoms with Crippen LogP contribution in [0.25, 0.3) is 0 Å². The highest BCUT2D eigenvalue weighted by atomic mass is 32.2. The number of thioether (sulfide) groups is 2. The van der Waals surface area contributed by atoms with Crippen molar-refractivity contribution in [1.29, 1.82) is 0 Å². The van der Waals surface area contributed by atoms with Crippen molar-refractivity contribution in [3.63, 3.8) is 0 Å². The molecule has 3 atom stereocenters. The van der Waals surface area contributed by atoms with Gasteiger partial charge in [0, 0.05) is 41.2 Å². The van der Waals surface area contributed by atoms with Crippen LogP contribution in [-0.2, 0) is 13.0 Å². The fourth-order valence-electron chi connectivity index (χ4n) is 2.11. The molecule has 0 amide bonds. The molecule has 5 heteroatoms. The van der Waals surface area contributed by atoms with E-state index in [2.05, 4.69) is 18.9 Å². The summed E-state index contributed by atoms with van der Waals surface area (Å²) >= 11 is 3.89. The lowest BCUT2D eigenvalue weighted by atomic mass is 10.1. The summed E-state index contributed by atoms with van der Waals surface area (Å²) in [5, 5.41) is 15.5. The molecule has 0 aliphatic carbocycles. The van der Waals surface area contributed by atoms with Crippen LogP contribution < -0.4 is 0 Å². The van der Waals surface area contributed by atoms with E-state index in [4.69, 9.17) is 0 Å². The molecule has 96 valence electrons. The number of hydrogen-bond donors (Lipinski definition) is 1. The first-order chi connectivity index (χ1) is 8.20. The molecule has 0 bridgehead atoms. The first-order valence-corrected chi connectivity index (χ1v) is 8.23. The van der Waals surface area contributed by atoms with Crippen LogP contribution >= 0.6 is 23.5 Å². The summed E-state index contributed by atoms with van der Waals surface area (Å²) in [6.07, 6.45) is 4.38. The van der Waals surface area contributed by atoms with Gasteiger partial charge in [-0.3, -0.25) is 4.68 Å². The summed E-state index contributed by atoms with van der Waals surface area (Å²) in [5.74, 6) is 2.37. The minimum Gasteiger partial charge on any atom is -0.392 e. The van der Waals surface area contributed by atoms with Gasteiger partial charge < -0.3 is 5.11 Å². The third-order valence-corrected chi connectivity index (χ3v) is 6.31. The van der Waals surface area contributed by atoms with Gasteiger partial charge in [0.15, 0.2) is 0 Å². The number of hydrogen-bond acceptors (Lipinski definition) is 4. The molecule has 1 aliphatic rings. The summed E-state index contributed by atoms with van der Waals surface area (Å²) in [6, 6.07) is 0. The normalized spacial score (nSPS) is 27.0. The van der Waals surface area contributed by atoms with E-state index in [1.54, 1.807) is 0 Å². The third-order valence-electron chi connectivity index (χ3n) is 3.07. The van der Waals surface area contributed by atoms with Gasteiger partial charge in [0.25, 0.3) is 0 Å². The standard InChI is InChI=1S/C12H20N2OS2/c1-3-14-8-10(7-13-14)6-11(15)12-9(2)16-4-5-17-12/h7-9,11-12,15H,3-6H2,1-2H3. The minimum absolute atomic E-state index is 0.252. The maximum Gasteiger partial charge on any atom is 0.0710 e. The largest absolute Gasteiger partial charge is 0.392 e. The molecule has 0 spiro atoms. The number of nitrogens with zero attached hydrogens (tertiary/aromatic N) is 2. The summed E-state index contributed by atoms with van der Waals surface area (Å²) in [6.45, 7) is 5.18. The van der Waals surface area contributed by atoms with Crippen LogP contribution in [-0.4, -0.2) is 43.0 Å². The lowest BCUT2D eigenvalue weighted by molar-refractivity contribution is 0.171. The number of aromatic nitrogens is 2. The summed E-state index contributed by atoms with van der Waals surface area (Å²) < 4.78 is 1.91. The molecule has 3 nitrogen and oxygen atoms in total. The van der Waals surface area contributed by atoms with Gasteiger partial charge in [-0.2, -0.15) is 28.6 Å². The Hall–Kier alpha value is -0.130. The average Bonchev–Trinajstić information content (AvgIpc) is 2.77. The maximum absolute atomic E-state index is 10.3. The van der Waals surface area contributed by atoms with Crippen LogP contribution in [0.4, 0.5) is 0 Å². The lowest BCUT2D eigenvalue weighted by Gasteiger charge is -2.31. The zero-order valence-electron chi connectivity index (χ0n) is 10.4. The van der Waals surface area contributed by atoms with E-state index in [1.807, 2.05) is 40.6 Å². The fraction of sp³-hybridized carbons (Fsp3) is 0.750. The van der Waals surface area contributed by atoms with Crippen LogP contribution in [0.5, 0.6) is 0 Å². The van der Waals surface area contributed by atoms with E-state index >= 15 is 0 Å². The molecule has 0 aromatic carbocycles. The molecule has 17 heavy (non-hydrogen) atoms. The van der Waals surface area contributed by atoms with Crippen LogP contribution in [0.2, 0.25) is 0 Å². The Morgan fingerprint density at radius 1 is 1.53 bits per heavy atom. The SMILES string of the molecule is CCn1cc(CC(O)C2SCCSC2C)cn1. The van der Waals surface area contributed by atoms with Gasteiger partial charge in [-0.05, 0) is 12.5 Å². The van der Waals surface area contributed by atoms with E-state index in [9.17, 15) is 5.11 Å². The van der Waals surface area contributed by atoms with E-state index < -0.39 is 0 Å². The van der Waals surface area contributed by atoms with Gasteiger partial charge in [-0.15, -0.1) is 0 Å². The number of aliphatic hydroxyl groups is 1. The van der Waals surface area contributed by atoms with Crippen molar-refractivity contribution >= 4 is 23.5 Å². The maximum atomic E-state index is 10.3. The van der Waals surface area contributed by atoms with Crippen molar-refractivity contribution in [3.05, 3.63) is 18.0 Å². The van der Waals surface area contributed by atoms with Crippen molar-refractivity contribution < 1.29 is 5.11 Å². The first kappa shape index (κ1) is 13.3. The average molecular weight is 272 g/mol. The van der Waals surface area contributed by atoms with Gasteiger partial charge >= 0.3 is 0 Å².